The first-order valence-electron chi connectivity index (χ1n) is 12.7. The Kier molecular flexibility index (Phi) is 8.32. The van der Waals surface area contributed by atoms with Crippen molar-refractivity contribution in [3.05, 3.63) is 129 Å². The van der Waals surface area contributed by atoms with Gasteiger partial charge in [-0.2, -0.15) is 0 Å². The average molecular weight is 669 g/mol. The van der Waals surface area contributed by atoms with Crippen LogP contribution in [0.15, 0.2) is 87.8 Å². The average Bonchev–Trinajstić information content (AvgIpc) is 3.22. The molecule has 0 aliphatic carbocycles. The smallest absolute Gasteiger partial charge is 0.338 e. The summed E-state index contributed by atoms with van der Waals surface area (Å²) < 4.78 is 27.7. The number of thiazole rings is 1. The van der Waals surface area contributed by atoms with E-state index in [0.29, 0.717) is 26.4 Å². The van der Waals surface area contributed by atoms with Crippen molar-refractivity contribution in [2.24, 2.45) is 4.99 Å². The third-order valence-corrected chi connectivity index (χ3v) is 8.27. The molecule has 40 heavy (non-hydrogen) atoms. The van der Waals surface area contributed by atoms with Crippen LogP contribution in [0.3, 0.4) is 0 Å². The molecule has 9 heteroatoms. The number of carbonyl (C=O) groups is 1. The normalized spacial score (nSPS) is 15.0. The summed E-state index contributed by atoms with van der Waals surface area (Å²) in [6, 6.07) is 19.1. The van der Waals surface area contributed by atoms with Gasteiger partial charge in [0.15, 0.2) is 4.80 Å². The van der Waals surface area contributed by atoms with Gasteiger partial charge < -0.3 is 9.47 Å². The summed E-state index contributed by atoms with van der Waals surface area (Å²) in [5.74, 6) is -0.119. The number of nitrogens with zero attached hydrogens (tertiary/aromatic N) is 2. The fourth-order valence-electron chi connectivity index (χ4n) is 4.52. The number of aromatic nitrogens is 1. The number of allylic oxidation sites excluding steroid dienone is 1. The van der Waals surface area contributed by atoms with Gasteiger partial charge >= 0.3 is 5.97 Å². The van der Waals surface area contributed by atoms with Crippen LogP contribution in [0.2, 0.25) is 0 Å². The van der Waals surface area contributed by atoms with E-state index in [-0.39, 0.29) is 24.6 Å². The van der Waals surface area contributed by atoms with Crippen LogP contribution in [0.5, 0.6) is 5.75 Å². The van der Waals surface area contributed by atoms with Crippen molar-refractivity contribution in [2.45, 2.75) is 33.4 Å². The lowest BCUT2D eigenvalue weighted by Crippen LogP contribution is -2.39. The van der Waals surface area contributed by atoms with E-state index >= 15 is 0 Å². The fraction of sp³-hybridized carbons (Fsp3) is 0.194. The molecule has 3 aromatic carbocycles. The summed E-state index contributed by atoms with van der Waals surface area (Å²) in [7, 11) is 0. The molecule has 0 N–H and O–H groups in total. The summed E-state index contributed by atoms with van der Waals surface area (Å²) in [6.07, 6.45) is 1.82. The predicted molar refractivity (Wildman–Crippen MR) is 161 cm³/mol. The Balaban J connectivity index is 1.52. The maximum Gasteiger partial charge on any atom is 0.338 e. The van der Waals surface area contributed by atoms with E-state index in [1.54, 1.807) is 24.5 Å². The number of hydrogen-bond donors (Lipinski definition) is 0. The summed E-state index contributed by atoms with van der Waals surface area (Å²) in [5.41, 5.74) is 4.11. The van der Waals surface area contributed by atoms with Gasteiger partial charge in [-0.3, -0.25) is 9.36 Å². The number of halogens is 2. The van der Waals surface area contributed by atoms with Gasteiger partial charge in [-0.1, -0.05) is 59.4 Å². The topological polar surface area (TPSA) is 69.9 Å². The Morgan fingerprint density at radius 2 is 1.90 bits per heavy atom. The predicted octanol–water partition coefficient (Wildman–Crippen LogP) is 5.43. The van der Waals surface area contributed by atoms with Gasteiger partial charge in [-0.15, -0.1) is 0 Å². The van der Waals surface area contributed by atoms with Crippen LogP contribution < -0.4 is 19.6 Å². The van der Waals surface area contributed by atoms with Gasteiger partial charge in [0.1, 0.15) is 18.2 Å². The monoisotopic (exact) mass is 668 g/mol. The lowest BCUT2D eigenvalue weighted by molar-refractivity contribution is -0.139. The van der Waals surface area contributed by atoms with Crippen LogP contribution >= 0.6 is 33.9 Å². The van der Waals surface area contributed by atoms with E-state index in [0.717, 1.165) is 25.8 Å². The van der Waals surface area contributed by atoms with Crippen molar-refractivity contribution in [1.29, 1.82) is 0 Å². The SMILES string of the molecule is CCOC(=O)C1=C(C)N=c2s/c(=C/c3ccc(OCc4cccc(F)c4)c(I)c3)c(=O)n2[C@H]1c1ccc(C)cc1. The minimum Gasteiger partial charge on any atom is -0.488 e. The molecule has 0 bridgehead atoms. The maximum absolute atomic E-state index is 13.8. The highest BCUT2D eigenvalue weighted by Crippen LogP contribution is 2.31. The zero-order valence-electron chi connectivity index (χ0n) is 22.1. The molecule has 204 valence electrons. The first-order valence-corrected chi connectivity index (χ1v) is 14.6. The van der Waals surface area contributed by atoms with Crippen molar-refractivity contribution in [2.75, 3.05) is 6.61 Å². The van der Waals surface area contributed by atoms with Crippen molar-refractivity contribution in [3.8, 4) is 5.75 Å². The summed E-state index contributed by atoms with van der Waals surface area (Å²) in [5, 5.41) is 0. The second-order valence-electron chi connectivity index (χ2n) is 9.32. The standard InChI is InChI=1S/C31H26FIN2O4S/c1-4-38-30(37)27-19(3)34-31-35(28(27)22-11-8-18(2)9-12-22)29(36)26(40-31)16-20-10-13-25(24(33)15-20)39-17-21-6-5-7-23(32)14-21/h5-16,28H,4,17H2,1-3H3/b26-16+/t28-/m0/s1. The van der Waals surface area contributed by atoms with Crippen LogP contribution in [-0.4, -0.2) is 17.1 Å². The number of carbonyl (C=O) groups excluding carboxylic acids is 1. The number of rotatable bonds is 7. The third kappa shape index (κ3) is 5.80. The van der Waals surface area contributed by atoms with E-state index in [2.05, 4.69) is 27.6 Å². The molecule has 0 amide bonds. The molecule has 1 aromatic heterocycles. The Morgan fingerprint density at radius 3 is 2.60 bits per heavy atom. The quantitative estimate of drug-likeness (QED) is 0.195. The molecule has 0 radical (unpaired) electrons. The molecule has 1 aliphatic rings. The molecule has 1 atom stereocenters. The molecule has 6 nitrogen and oxygen atoms in total. The van der Waals surface area contributed by atoms with Crippen molar-refractivity contribution in [3.63, 3.8) is 0 Å². The largest absolute Gasteiger partial charge is 0.488 e. The lowest BCUT2D eigenvalue weighted by atomic mass is 9.95. The first-order chi connectivity index (χ1) is 19.2. The summed E-state index contributed by atoms with van der Waals surface area (Å²) >= 11 is 3.46. The second-order valence-corrected chi connectivity index (χ2v) is 11.5. The van der Waals surface area contributed by atoms with Gasteiger partial charge in [-0.25, -0.2) is 14.2 Å². The number of fused-ring (bicyclic) bond motifs is 1. The zero-order chi connectivity index (χ0) is 28.4. The second kappa shape index (κ2) is 11.9. The van der Waals surface area contributed by atoms with Gasteiger partial charge in [0.2, 0.25) is 0 Å². The Morgan fingerprint density at radius 1 is 1.12 bits per heavy atom. The fourth-order valence-corrected chi connectivity index (χ4v) is 6.26. The van der Waals surface area contributed by atoms with Gasteiger partial charge in [0.25, 0.3) is 5.56 Å². The van der Waals surface area contributed by atoms with Crippen molar-refractivity contribution >= 4 is 46.0 Å². The molecule has 2 heterocycles. The zero-order valence-corrected chi connectivity index (χ0v) is 25.1. The van der Waals surface area contributed by atoms with Gasteiger partial charge in [0, 0.05) is 0 Å². The third-order valence-electron chi connectivity index (χ3n) is 6.45. The molecular formula is C31H26FIN2O4S. The minimum absolute atomic E-state index is 0.223. The van der Waals surface area contributed by atoms with Crippen LogP contribution in [0.25, 0.3) is 6.08 Å². The number of ether oxygens (including phenoxy) is 2. The van der Waals surface area contributed by atoms with E-state index in [4.69, 9.17) is 9.47 Å². The van der Waals surface area contributed by atoms with E-state index in [9.17, 15) is 14.0 Å². The first kappa shape index (κ1) is 28.0. The maximum atomic E-state index is 13.8. The lowest BCUT2D eigenvalue weighted by Gasteiger charge is -2.24. The highest BCUT2D eigenvalue weighted by Gasteiger charge is 2.33. The molecule has 0 saturated carbocycles. The molecule has 0 unspecified atom stereocenters. The Hall–Kier alpha value is -3.57. The molecule has 0 fully saturated rings. The molecular weight excluding hydrogens is 642 g/mol. The summed E-state index contributed by atoms with van der Waals surface area (Å²) in [6.45, 7) is 5.98. The molecule has 1 aliphatic heterocycles. The number of esters is 1. The minimum atomic E-state index is -0.642. The Labute approximate surface area is 248 Å². The molecule has 5 rings (SSSR count). The van der Waals surface area contributed by atoms with Crippen LogP contribution in [0, 0.1) is 16.3 Å². The molecule has 0 saturated heterocycles. The van der Waals surface area contributed by atoms with Gasteiger partial charge in [0.05, 0.1) is 32.0 Å². The Bertz CT molecular complexity index is 1810. The highest BCUT2D eigenvalue weighted by atomic mass is 127. The molecule has 4 aromatic rings. The van der Waals surface area contributed by atoms with Crippen molar-refractivity contribution < 1.29 is 18.7 Å². The van der Waals surface area contributed by atoms with Crippen LogP contribution in [0.1, 0.15) is 42.1 Å². The number of benzene rings is 3. The van der Waals surface area contributed by atoms with Crippen molar-refractivity contribution in [1.82, 2.24) is 4.57 Å². The van der Waals surface area contributed by atoms with Gasteiger partial charge in [-0.05, 0) is 90.4 Å². The number of hydrogen-bond acceptors (Lipinski definition) is 6. The van der Waals surface area contributed by atoms with Crippen LogP contribution in [-0.2, 0) is 16.1 Å². The molecule has 0 spiro atoms. The summed E-state index contributed by atoms with van der Waals surface area (Å²) in [4.78, 5) is 32.0. The highest BCUT2D eigenvalue weighted by molar-refractivity contribution is 14.1. The van der Waals surface area contributed by atoms with E-state index < -0.39 is 12.0 Å². The van der Waals surface area contributed by atoms with E-state index in [1.165, 1.54) is 23.5 Å². The number of aryl methyl sites for hydroxylation is 1. The van der Waals surface area contributed by atoms with Crippen LogP contribution in [0.4, 0.5) is 4.39 Å². The van der Waals surface area contributed by atoms with E-state index in [1.807, 2.05) is 61.5 Å².